The number of fused-ring (bicyclic) bond motifs is 3. The Morgan fingerprint density at radius 2 is 1.58 bits per heavy atom. The molecule has 5 saturated heterocycles. The Kier molecular flexibility index (Phi) is 12.8. The Bertz CT molecular complexity index is 2780. The molecule has 5 amide bonds. The van der Waals surface area contributed by atoms with Crippen LogP contribution in [0, 0.1) is 11.8 Å². The van der Waals surface area contributed by atoms with Gasteiger partial charge in [-0.15, -0.1) is 0 Å². The lowest BCUT2D eigenvalue weighted by atomic mass is 9.73. The number of amides is 5. The molecule has 17 nitrogen and oxygen atoms in total. The molecule has 0 radical (unpaired) electrons. The van der Waals surface area contributed by atoms with Crippen molar-refractivity contribution in [3.05, 3.63) is 60.0 Å². The molecule has 9 heterocycles. The van der Waals surface area contributed by atoms with Gasteiger partial charge in [-0.05, 0) is 133 Å². The third-order valence-electron chi connectivity index (χ3n) is 18.0. The zero-order chi connectivity index (χ0) is 50.1. The number of hydrogen-bond donors (Lipinski definition) is 2. The van der Waals surface area contributed by atoms with E-state index < -0.39 is 11.3 Å². The minimum Gasteiger partial charge on any atom is -0.380 e. The number of hydrogen-bond acceptors (Lipinski definition) is 12. The number of pyridine rings is 2. The van der Waals surface area contributed by atoms with E-state index in [9.17, 15) is 19.2 Å². The van der Waals surface area contributed by atoms with Crippen LogP contribution >= 0.6 is 0 Å². The van der Waals surface area contributed by atoms with Gasteiger partial charge in [-0.25, -0.2) is 15.0 Å². The summed E-state index contributed by atoms with van der Waals surface area (Å²) in [6, 6.07) is 13.7. The quantitative estimate of drug-likeness (QED) is 0.164. The molecule has 73 heavy (non-hydrogen) atoms. The van der Waals surface area contributed by atoms with Gasteiger partial charge in [0.1, 0.15) is 11.3 Å². The number of nitrogens with zero attached hydrogens (tertiary/aromatic N) is 9. The number of imidazole rings is 1. The van der Waals surface area contributed by atoms with E-state index in [0.29, 0.717) is 96.3 Å². The van der Waals surface area contributed by atoms with E-state index in [1.54, 1.807) is 13.3 Å². The van der Waals surface area contributed by atoms with Crippen molar-refractivity contribution in [2.75, 3.05) is 74.6 Å². The molecule has 8 aliphatic rings. The average molecular weight is 994 g/mol. The fraction of sp³-hybridized carbons (Fsp3) is 0.607. The number of anilines is 3. The number of aromatic nitrogens is 4. The number of piperidine rings is 5. The summed E-state index contributed by atoms with van der Waals surface area (Å²) in [5.41, 5.74) is 5.87. The third-order valence-corrected chi connectivity index (χ3v) is 18.0. The number of benzene rings is 1. The zero-order valence-corrected chi connectivity index (χ0v) is 42.8. The van der Waals surface area contributed by atoms with E-state index in [1.165, 1.54) is 19.3 Å². The van der Waals surface area contributed by atoms with Crippen molar-refractivity contribution < 1.29 is 28.7 Å². The van der Waals surface area contributed by atoms with E-state index in [-0.39, 0.29) is 59.6 Å². The first-order valence-corrected chi connectivity index (χ1v) is 27.5. The molecule has 3 unspecified atom stereocenters. The Hall–Kier alpha value is -5.94. The standard InChI is InChI=1S/C56H71N11O6/c1-34(2)66-33-58-46-29-45(60-51(50(46)66)59-39-9-10-39)36-7-12-44-47(26-36)67(41-27-40(28-41)62-19-5-4-6-20-62)55(72)56(44)17-23-64(24-18-56)54(71)38-25-42(73-3)32-65(31-38)53(70)35-15-21-63(22-16-35)48-13-8-37(30-57-48)43-11-14-49(68)61-52(43)69/h7-8,12-13,26,29-30,33-35,38-43H,4-6,9-11,14-25,27-28,31-32H2,1-3H3,(H,59,60)(H,61,68,69)/t38?,40-,41+,42?,43?. The van der Waals surface area contributed by atoms with Crippen LogP contribution in [0.1, 0.15) is 127 Å². The first-order valence-electron chi connectivity index (χ1n) is 27.5. The highest BCUT2D eigenvalue weighted by Gasteiger charge is 2.56. The van der Waals surface area contributed by atoms with Gasteiger partial charge in [-0.3, -0.25) is 29.3 Å². The number of carbonyl (C=O) groups excluding carboxylic acids is 5. The summed E-state index contributed by atoms with van der Waals surface area (Å²) in [6.45, 7) is 9.69. The minimum atomic E-state index is -0.726. The molecule has 2 N–H and O–H groups in total. The molecular formula is C56H71N11O6. The van der Waals surface area contributed by atoms with Crippen LogP contribution in [0.3, 0.4) is 0 Å². The number of nitrogens with one attached hydrogen (secondary N) is 2. The molecule has 6 aliphatic heterocycles. The highest BCUT2D eigenvalue weighted by Crippen LogP contribution is 2.52. The van der Waals surface area contributed by atoms with Crippen molar-refractivity contribution in [3.63, 3.8) is 0 Å². The van der Waals surface area contributed by atoms with E-state index in [2.05, 4.69) is 73.0 Å². The van der Waals surface area contributed by atoms with Crippen molar-refractivity contribution in [2.24, 2.45) is 11.8 Å². The Morgan fingerprint density at radius 1 is 0.808 bits per heavy atom. The second-order valence-electron chi connectivity index (χ2n) is 22.8. The third kappa shape index (κ3) is 8.95. The highest BCUT2D eigenvalue weighted by atomic mass is 16.5. The summed E-state index contributed by atoms with van der Waals surface area (Å²) in [6.07, 6.45) is 15.1. The predicted molar refractivity (Wildman–Crippen MR) is 277 cm³/mol. The van der Waals surface area contributed by atoms with E-state index in [1.807, 2.05) is 28.3 Å². The average Bonchev–Trinajstić information content (AvgIpc) is 4.07. The molecule has 2 aliphatic carbocycles. The van der Waals surface area contributed by atoms with Crippen molar-refractivity contribution in [1.29, 1.82) is 0 Å². The van der Waals surface area contributed by atoms with Crippen LogP contribution < -0.4 is 20.4 Å². The maximum Gasteiger partial charge on any atom is 0.238 e. The summed E-state index contributed by atoms with van der Waals surface area (Å²) in [4.78, 5) is 94.0. The molecule has 1 aromatic carbocycles. The summed E-state index contributed by atoms with van der Waals surface area (Å²) >= 11 is 0. The number of rotatable bonds is 11. The molecule has 4 aromatic rings. The second kappa shape index (κ2) is 19.4. The number of methoxy groups -OCH3 is 1. The first-order chi connectivity index (χ1) is 35.4. The predicted octanol–water partition coefficient (Wildman–Crippen LogP) is 6.17. The fourth-order valence-electron chi connectivity index (χ4n) is 13.4. The Labute approximate surface area is 427 Å². The van der Waals surface area contributed by atoms with Crippen molar-refractivity contribution in [2.45, 2.75) is 145 Å². The lowest BCUT2D eigenvalue weighted by Crippen LogP contribution is -2.59. The van der Waals surface area contributed by atoms with E-state index in [0.717, 1.165) is 89.5 Å². The number of likely N-dealkylation sites (tertiary alicyclic amines) is 3. The molecule has 2 saturated carbocycles. The van der Waals surface area contributed by atoms with E-state index >= 15 is 4.79 Å². The van der Waals surface area contributed by atoms with Crippen LogP contribution in [0.4, 0.5) is 17.3 Å². The van der Waals surface area contributed by atoms with Crippen LogP contribution in [0.5, 0.6) is 0 Å². The van der Waals surface area contributed by atoms with Crippen molar-refractivity contribution >= 4 is 57.9 Å². The van der Waals surface area contributed by atoms with Crippen molar-refractivity contribution in [3.8, 4) is 11.3 Å². The van der Waals surface area contributed by atoms with Crippen molar-refractivity contribution in [1.82, 2.24) is 39.5 Å². The minimum absolute atomic E-state index is 0.0364. The van der Waals surface area contributed by atoms with Crippen LogP contribution in [0.15, 0.2) is 48.9 Å². The maximum absolute atomic E-state index is 15.3. The molecule has 12 rings (SSSR count). The van der Waals surface area contributed by atoms with Gasteiger partial charge in [-0.1, -0.05) is 24.6 Å². The topological polar surface area (TPSA) is 178 Å². The van der Waals surface area contributed by atoms with Gasteiger partial charge in [0.15, 0.2) is 5.82 Å². The Balaban J connectivity index is 0.734. The number of imide groups is 1. The van der Waals surface area contributed by atoms with E-state index in [4.69, 9.17) is 14.7 Å². The monoisotopic (exact) mass is 994 g/mol. The highest BCUT2D eigenvalue weighted by molar-refractivity contribution is 6.09. The van der Waals surface area contributed by atoms with Gasteiger partial charge in [0, 0.05) is 100 Å². The molecule has 1 spiro atoms. The summed E-state index contributed by atoms with van der Waals surface area (Å²) in [5, 5.41) is 6.13. The molecular weight excluding hydrogens is 923 g/mol. The molecule has 17 heteroatoms. The number of ether oxygens (including phenoxy) is 1. The molecule has 0 bridgehead atoms. The summed E-state index contributed by atoms with van der Waals surface area (Å²) in [5.74, 6) is 0.468. The molecule has 3 aromatic heterocycles. The summed E-state index contributed by atoms with van der Waals surface area (Å²) < 4.78 is 8.09. The zero-order valence-electron chi connectivity index (χ0n) is 42.8. The molecule has 7 fully saturated rings. The van der Waals surface area contributed by atoms with Crippen LogP contribution in [-0.4, -0.2) is 147 Å². The lowest BCUT2D eigenvalue weighted by molar-refractivity contribution is -0.149. The van der Waals surface area contributed by atoms with Gasteiger partial charge in [0.05, 0.1) is 40.9 Å². The smallest absolute Gasteiger partial charge is 0.238 e. The van der Waals surface area contributed by atoms with Gasteiger partial charge in [-0.2, -0.15) is 0 Å². The first kappa shape index (κ1) is 48.0. The van der Waals surface area contributed by atoms with Gasteiger partial charge in [0.2, 0.25) is 29.5 Å². The maximum atomic E-state index is 15.3. The van der Waals surface area contributed by atoms with Gasteiger partial charge < -0.3 is 39.1 Å². The second-order valence-corrected chi connectivity index (χ2v) is 22.8. The van der Waals surface area contributed by atoms with Gasteiger partial charge >= 0.3 is 0 Å². The largest absolute Gasteiger partial charge is 0.380 e. The fourth-order valence-corrected chi connectivity index (χ4v) is 13.4. The van der Waals surface area contributed by atoms with Crippen LogP contribution in [-0.2, 0) is 34.1 Å². The molecule has 3 atom stereocenters. The van der Waals surface area contributed by atoms with Gasteiger partial charge in [0.25, 0.3) is 0 Å². The van der Waals surface area contributed by atoms with Crippen LogP contribution in [0.2, 0.25) is 0 Å². The number of carbonyl (C=O) groups is 5. The molecule has 386 valence electrons. The van der Waals surface area contributed by atoms with Crippen LogP contribution in [0.25, 0.3) is 22.3 Å². The Morgan fingerprint density at radius 3 is 2.27 bits per heavy atom. The normalized spacial score (nSPS) is 26.9. The summed E-state index contributed by atoms with van der Waals surface area (Å²) in [7, 11) is 1.66. The lowest BCUT2D eigenvalue weighted by Gasteiger charge is -2.48. The SMILES string of the molecule is COC1CC(C(=O)N2CCC3(CC2)C(=O)N([C@H]2C[C@@H](N4CCCCC4)C2)c2cc(-c4cc5ncn(C(C)C)c5c(NC5CC5)n4)ccc23)CN(C(=O)C2CCN(c3ccc(C4CCC(=O)NC4=O)cn3)CC2)C1.